The summed E-state index contributed by atoms with van der Waals surface area (Å²) in [5.41, 5.74) is 0. The topological polar surface area (TPSA) is 23.5 Å². The summed E-state index contributed by atoms with van der Waals surface area (Å²) in [5, 5.41) is 8.92. The lowest BCUT2D eigenvalue weighted by molar-refractivity contribution is 0.126. The lowest BCUT2D eigenvalue weighted by atomic mass is 10.0. The molecule has 0 aromatic rings. The molecule has 1 N–H and O–H groups in total. The lowest BCUT2D eigenvalue weighted by Crippen LogP contribution is -2.38. The van der Waals surface area contributed by atoms with Crippen LogP contribution in [0, 0.1) is 5.92 Å². The van der Waals surface area contributed by atoms with Crippen LogP contribution in [-0.2, 0) is 0 Å². The van der Waals surface area contributed by atoms with E-state index in [1.807, 2.05) is 0 Å². The highest BCUT2D eigenvalue weighted by Crippen LogP contribution is 2.08. The van der Waals surface area contributed by atoms with E-state index in [0.717, 1.165) is 13.1 Å². The first-order valence-corrected chi connectivity index (χ1v) is 4.52. The molecule has 0 heterocycles. The second-order valence-electron chi connectivity index (χ2n) is 3.12. The van der Waals surface area contributed by atoms with E-state index in [9.17, 15) is 0 Å². The molecule has 0 bridgehead atoms. The zero-order valence-corrected chi connectivity index (χ0v) is 8.17. The summed E-state index contributed by atoms with van der Waals surface area (Å²) in [4.78, 5) is 2.36. The first-order chi connectivity index (χ1) is 5.17. The van der Waals surface area contributed by atoms with Gasteiger partial charge in [-0.15, -0.1) is 0 Å². The van der Waals surface area contributed by atoms with Gasteiger partial charge in [0.05, 0.1) is 0 Å². The van der Waals surface area contributed by atoms with Gasteiger partial charge in [0, 0.05) is 12.6 Å². The van der Waals surface area contributed by atoms with Crippen LogP contribution in [-0.4, -0.2) is 35.7 Å². The maximum atomic E-state index is 8.92. The molecule has 0 rings (SSSR count). The molecule has 0 aliphatic carbocycles. The van der Waals surface area contributed by atoms with Crippen LogP contribution < -0.4 is 0 Å². The van der Waals surface area contributed by atoms with Crippen molar-refractivity contribution in [2.75, 3.05) is 19.7 Å². The van der Waals surface area contributed by atoms with E-state index in [1.54, 1.807) is 0 Å². The molecule has 0 aromatic heterocycles. The Morgan fingerprint density at radius 3 is 1.91 bits per heavy atom. The van der Waals surface area contributed by atoms with Crippen LogP contribution in [0.2, 0.25) is 0 Å². The molecule has 0 aromatic carbocycles. The Morgan fingerprint density at radius 1 is 1.18 bits per heavy atom. The average Bonchev–Trinajstić information content (AvgIpc) is 2.05. The lowest BCUT2D eigenvalue weighted by Gasteiger charge is -2.30. The Morgan fingerprint density at radius 2 is 1.64 bits per heavy atom. The van der Waals surface area contributed by atoms with Crippen molar-refractivity contribution >= 4 is 0 Å². The summed E-state index contributed by atoms with van der Waals surface area (Å²) in [6.45, 7) is 11.0. The second-order valence-corrected chi connectivity index (χ2v) is 3.12. The van der Waals surface area contributed by atoms with E-state index in [1.165, 1.54) is 0 Å². The van der Waals surface area contributed by atoms with Crippen molar-refractivity contribution in [1.82, 2.24) is 4.90 Å². The molecule has 0 fully saturated rings. The molecule has 68 valence electrons. The largest absolute Gasteiger partial charge is 0.396 e. The van der Waals surface area contributed by atoms with E-state index in [4.69, 9.17) is 5.11 Å². The van der Waals surface area contributed by atoms with Crippen LogP contribution in [0.3, 0.4) is 0 Å². The highest BCUT2D eigenvalue weighted by atomic mass is 16.3. The summed E-state index contributed by atoms with van der Waals surface area (Å²) in [7, 11) is 0. The molecule has 0 radical (unpaired) electrons. The van der Waals surface area contributed by atoms with E-state index >= 15 is 0 Å². The molecule has 2 atom stereocenters. The summed E-state index contributed by atoms with van der Waals surface area (Å²) in [6.07, 6.45) is 0. The third kappa shape index (κ3) is 3.21. The van der Waals surface area contributed by atoms with Gasteiger partial charge >= 0.3 is 0 Å². The van der Waals surface area contributed by atoms with Crippen LogP contribution in [0.1, 0.15) is 27.7 Å². The Balaban J connectivity index is 3.86. The number of nitrogens with zero attached hydrogens (tertiary/aromatic N) is 1. The minimum absolute atomic E-state index is 0.289. The van der Waals surface area contributed by atoms with Crippen LogP contribution in [0.25, 0.3) is 0 Å². The molecule has 0 aliphatic heterocycles. The van der Waals surface area contributed by atoms with Crippen LogP contribution >= 0.6 is 0 Å². The molecule has 0 amide bonds. The molecule has 0 spiro atoms. The third-order valence-electron chi connectivity index (χ3n) is 2.50. The number of rotatable bonds is 5. The van der Waals surface area contributed by atoms with Gasteiger partial charge in [0.2, 0.25) is 0 Å². The molecule has 2 nitrogen and oxygen atoms in total. The van der Waals surface area contributed by atoms with Gasteiger partial charge in [-0.1, -0.05) is 20.8 Å². The van der Waals surface area contributed by atoms with Gasteiger partial charge < -0.3 is 10.0 Å². The number of aliphatic hydroxyl groups is 1. The van der Waals surface area contributed by atoms with Crippen molar-refractivity contribution in [2.24, 2.45) is 5.92 Å². The van der Waals surface area contributed by atoms with Gasteiger partial charge in [-0.2, -0.15) is 0 Å². The predicted octanol–water partition coefficient (Wildman–Crippen LogP) is 1.35. The molecule has 0 saturated carbocycles. The fourth-order valence-corrected chi connectivity index (χ4v) is 1.31. The maximum absolute atomic E-state index is 8.92. The normalized spacial score (nSPS) is 16.9. The van der Waals surface area contributed by atoms with E-state index < -0.39 is 0 Å². The molecule has 0 saturated heterocycles. The zero-order valence-electron chi connectivity index (χ0n) is 8.17. The van der Waals surface area contributed by atoms with Crippen molar-refractivity contribution in [3.8, 4) is 0 Å². The first kappa shape index (κ1) is 10.9. The van der Waals surface area contributed by atoms with Gasteiger partial charge in [0.1, 0.15) is 0 Å². The van der Waals surface area contributed by atoms with Crippen molar-refractivity contribution in [3.63, 3.8) is 0 Å². The SMILES string of the molecule is CCN(CC)C(C)C(C)CO. The Bertz CT molecular complexity index is 91.6. The highest BCUT2D eigenvalue weighted by molar-refractivity contribution is 4.69. The van der Waals surface area contributed by atoms with Crippen molar-refractivity contribution in [1.29, 1.82) is 0 Å². The van der Waals surface area contributed by atoms with Gasteiger partial charge in [-0.25, -0.2) is 0 Å². The molecule has 2 unspecified atom stereocenters. The fourth-order valence-electron chi connectivity index (χ4n) is 1.31. The average molecular weight is 159 g/mol. The van der Waals surface area contributed by atoms with Crippen molar-refractivity contribution in [2.45, 2.75) is 33.7 Å². The van der Waals surface area contributed by atoms with Crippen LogP contribution in [0.5, 0.6) is 0 Å². The Hall–Kier alpha value is -0.0800. The molecule has 11 heavy (non-hydrogen) atoms. The van der Waals surface area contributed by atoms with Gasteiger partial charge in [0.25, 0.3) is 0 Å². The summed E-state index contributed by atoms with van der Waals surface area (Å²) < 4.78 is 0. The van der Waals surface area contributed by atoms with Gasteiger partial charge in [-0.3, -0.25) is 0 Å². The van der Waals surface area contributed by atoms with E-state index in [2.05, 4.69) is 32.6 Å². The van der Waals surface area contributed by atoms with Crippen LogP contribution in [0.15, 0.2) is 0 Å². The highest BCUT2D eigenvalue weighted by Gasteiger charge is 2.15. The van der Waals surface area contributed by atoms with Gasteiger partial charge in [-0.05, 0) is 25.9 Å². The van der Waals surface area contributed by atoms with E-state index in [-0.39, 0.29) is 6.61 Å². The number of hydrogen-bond acceptors (Lipinski definition) is 2. The van der Waals surface area contributed by atoms with Crippen LogP contribution in [0.4, 0.5) is 0 Å². The predicted molar refractivity (Wildman–Crippen MR) is 48.6 cm³/mol. The smallest absolute Gasteiger partial charge is 0.0471 e. The number of hydrogen-bond donors (Lipinski definition) is 1. The molecular formula is C9H21NO. The summed E-state index contributed by atoms with van der Waals surface area (Å²) >= 11 is 0. The quantitative estimate of drug-likeness (QED) is 0.654. The third-order valence-corrected chi connectivity index (χ3v) is 2.50. The minimum Gasteiger partial charge on any atom is -0.396 e. The maximum Gasteiger partial charge on any atom is 0.0471 e. The van der Waals surface area contributed by atoms with Crippen molar-refractivity contribution in [3.05, 3.63) is 0 Å². The second kappa shape index (κ2) is 5.56. The Kier molecular flexibility index (Phi) is 5.51. The number of aliphatic hydroxyl groups excluding tert-OH is 1. The zero-order chi connectivity index (χ0) is 8.85. The Labute approximate surface area is 70.2 Å². The van der Waals surface area contributed by atoms with E-state index in [0.29, 0.717) is 12.0 Å². The minimum atomic E-state index is 0.289. The summed E-state index contributed by atoms with van der Waals surface area (Å²) in [6, 6.07) is 0.495. The van der Waals surface area contributed by atoms with Gasteiger partial charge in [0.15, 0.2) is 0 Å². The van der Waals surface area contributed by atoms with Crippen molar-refractivity contribution < 1.29 is 5.11 Å². The molecular weight excluding hydrogens is 138 g/mol. The molecule has 2 heteroatoms. The standard InChI is InChI=1S/C9H21NO/c1-5-10(6-2)9(4)8(3)7-11/h8-9,11H,5-7H2,1-4H3. The monoisotopic (exact) mass is 159 g/mol. The fraction of sp³-hybridized carbons (Fsp3) is 1.00. The molecule has 0 aliphatic rings. The summed E-state index contributed by atoms with van der Waals surface area (Å²) in [5.74, 6) is 0.384. The first-order valence-electron chi connectivity index (χ1n) is 4.52.